The zero-order chi connectivity index (χ0) is 13.9. The number of methoxy groups -OCH3 is 1. The molecule has 2 aromatic heterocycles. The van der Waals surface area contributed by atoms with E-state index in [1.165, 1.54) is 37.7 Å². The van der Waals surface area contributed by atoms with Crippen molar-refractivity contribution in [3.05, 3.63) is 48.3 Å². The maximum Gasteiger partial charge on any atom is 0.339 e. The van der Waals surface area contributed by atoms with Crippen LogP contribution in [0.5, 0.6) is 0 Å². The van der Waals surface area contributed by atoms with Crippen LogP contribution in [0.15, 0.2) is 52.8 Å². The van der Waals surface area contributed by atoms with Crippen LogP contribution in [0, 0.1) is 4.78 Å². The van der Waals surface area contributed by atoms with Crippen LogP contribution in [0.25, 0.3) is 0 Å². The van der Waals surface area contributed by atoms with Crippen molar-refractivity contribution < 1.29 is 13.7 Å². The molecule has 2 aromatic rings. The SMILES string of the molecule is COC(=O)c1ccc(S(=N)(=O)c2ccccn2)nc1. The van der Waals surface area contributed by atoms with E-state index < -0.39 is 15.7 Å². The van der Waals surface area contributed by atoms with E-state index in [1.807, 2.05) is 0 Å². The van der Waals surface area contributed by atoms with E-state index in [-0.39, 0.29) is 15.6 Å². The Morgan fingerprint density at radius 1 is 1.21 bits per heavy atom. The van der Waals surface area contributed by atoms with Gasteiger partial charge in [0.1, 0.15) is 19.8 Å². The Kier molecular flexibility index (Phi) is 3.57. The van der Waals surface area contributed by atoms with Crippen molar-refractivity contribution in [2.75, 3.05) is 7.11 Å². The summed E-state index contributed by atoms with van der Waals surface area (Å²) >= 11 is 0. The second kappa shape index (κ2) is 5.15. The molecule has 1 unspecified atom stereocenters. The van der Waals surface area contributed by atoms with Gasteiger partial charge in [-0.2, -0.15) is 0 Å². The molecule has 0 aromatic carbocycles. The number of nitrogens with one attached hydrogen (secondary N) is 1. The fraction of sp³-hybridized carbons (Fsp3) is 0.0833. The van der Waals surface area contributed by atoms with E-state index in [4.69, 9.17) is 4.78 Å². The Balaban J connectivity index is 2.40. The first-order chi connectivity index (χ1) is 9.05. The molecular weight excluding hydrogens is 266 g/mol. The van der Waals surface area contributed by atoms with E-state index in [0.29, 0.717) is 0 Å². The van der Waals surface area contributed by atoms with E-state index in [0.717, 1.165) is 0 Å². The summed E-state index contributed by atoms with van der Waals surface area (Å²) in [7, 11) is -2.00. The Bertz CT molecular complexity index is 682. The van der Waals surface area contributed by atoms with Crippen LogP contribution >= 0.6 is 0 Å². The van der Waals surface area contributed by atoms with Crippen LogP contribution in [0.1, 0.15) is 10.4 Å². The summed E-state index contributed by atoms with van der Waals surface area (Å²) in [5, 5.41) is 0.187. The van der Waals surface area contributed by atoms with Gasteiger partial charge < -0.3 is 4.74 Å². The molecule has 0 amide bonds. The summed E-state index contributed by atoms with van der Waals surface area (Å²) in [4.78, 5) is 19.0. The molecule has 0 saturated heterocycles. The third kappa shape index (κ3) is 2.60. The van der Waals surface area contributed by atoms with Gasteiger partial charge in [-0.3, -0.25) is 0 Å². The van der Waals surface area contributed by atoms with Gasteiger partial charge in [-0.1, -0.05) is 6.07 Å². The van der Waals surface area contributed by atoms with E-state index in [1.54, 1.807) is 12.1 Å². The number of hydrogen-bond donors (Lipinski definition) is 1. The number of hydrogen-bond acceptors (Lipinski definition) is 6. The van der Waals surface area contributed by atoms with Crippen LogP contribution in [-0.4, -0.2) is 27.3 Å². The van der Waals surface area contributed by atoms with Gasteiger partial charge >= 0.3 is 5.97 Å². The topological polar surface area (TPSA) is 93.0 Å². The number of pyridine rings is 2. The highest BCUT2D eigenvalue weighted by Crippen LogP contribution is 2.17. The van der Waals surface area contributed by atoms with Gasteiger partial charge in [-0.25, -0.2) is 23.8 Å². The number of ether oxygens (including phenoxy) is 1. The van der Waals surface area contributed by atoms with Crippen molar-refractivity contribution in [3.8, 4) is 0 Å². The van der Waals surface area contributed by atoms with Gasteiger partial charge in [0.05, 0.1) is 12.7 Å². The largest absolute Gasteiger partial charge is 0.465 e. The molecule has 7 heteroatoms. The maximum atomic E-state index is 12.4. The van der Waals surface area contributed by atoms with Crippen LogP contribution in [0.4, 0.5) is 0 Å². The van der Waals surface area contributed by atoms with Crippen molar-refractivity contribution in [2.45, 2.75) is 10.1 Å². The third-order valence-corrected chi connectivity index (χ3v) is 4.05. The minimum Gasteiger partial charge on any atom is -0.465 e. The van der Waals surface area contributed by atoms with Crippen LogP contribution < -0.4 is 0 Å². The normalized spacial score (nSPS) is 13.5. The Labute approximate surface area is 110 Å². The molecule has 0 bridgehead atoms. The average molecular weight is 277 g/mol. The van der Waals surface area contributed by atoms with Crippen molar-refractivity contribution in [2.24, 2.45) is 0 Å². The lowest BCUT2D eigenvalue weighted by Crippen LogP contribution is -2.07. The molecule has 0 aliphatic heterocycles. The molecule has 2 rings (SSSR count). The van der Waals surface area contributed by atoms with Gasteiger partial charge in [0, 0.05) is 12.4 Å². The van der Waals surface area contributed by atoms with Gasteiger partial charge in [0.15, 0.2) is 0 Å². The van der Waals surface area contributed by atoms with Crippen LogP contribution in [-0.2, 0) is 14.5 Å². The molecule has 0 fully saturated rings. The van der Waals surface area contributed by atoms with Crippen molar-refractivity contribution in [1.82, 2.24) is 9.97 Å². The number of rotatable bonds is 3. The molecule has 0 aliphatic rings. The zero-order valence-corrected chi connectivity index (χ0v) is 10.9. The second-order valence-electron chi connectivity index (χ2n) is 3.60. The van der Waals surface area contributed by atoms with Crippen molar-refractivity contribution in [1.29, 1.82) is 4.78 Å². The maximum absolute atomic E-state index is 12.4. The quantitative estimate of drug-likeness (QED) is 0.862. The summed E-state index contributed by atoms with van der Waals surface area (Å²) in [6, 6.07) is 7.62. The van der Waals surface area contributed by atoms with Crippen LogP contribution in [0.3, 0.4) is 0 Å². The summed E-state index contributed by atoms with van der Waals surface area (Å²) < 4.78 is 24.8. The Morgan fingerprint density at radius 3 is 2.47 bits per heavy atom. The highest BCUT2D eigenvalue weighted by molar-refractivity contribution is 7.92. The predicted molar refractivity (Wildman–Crippen MR) is 67.2 cm³/mol. The molecule has 2 heterocycles. The molecule has 0 radical (unpaired) electrons. The second-order valence-corrected chi connectivity index (χ2v) is 5.55. The zero-order valence-electron chi connectivity index (χ0n) is 10.1. The standard InChI is InChI=1S/C12H11N3O3S/c1-18-12(16)9-5-6-11(15-8-9)19(13,17)10-4-2-3-7-14-10/h2-8,13H,1H3. The predicted octanol–water partition coefficient (Wildman–Crippen LogP) is 1.73. The Hall–Kier alpha value is -2.28. The molecule has 0 aliphatic carbocycles. The molecule has 98 valence electrons. The van der Waals surface area contributed by atoms with Crippen molar-refractivity contribution in [3.63, 3.8) is 0 Å². The highest BCUT2D eigenvalue weighted by Gasteiger charge is 2.17. The Morgan fingerprint density at radius 2 is 1.95 bits per heavy atom. The van der Waals surface area contributed by atoms with Gasteiger partial charge in [-0.15, -0.1) is 0 Å². The average Bonchev–Trinajstić information content (AvgIpc) is 2.47. The van der Waals surface area contributed by atoms with Crippen molar-refractivity contribution >= 4 is 15.7 Å². The summed E-state index contributed by atoms with van der Waals surface area (Å²) in [6.07, 6.45) is 2.70. The lowest BCUT2D eigenvalue weighted by molar-refractivity contribution is 0.0600. The third-order valence-electron chi connectivity index (χ3n) is 2.38. The molecule has 1 N–H and O–H groups in total. The number of nitrogens with zero attached hydrogens (tertiary/aromatic N) is 2. The van der Waals surface area contributed by atoms with Gasteiger partial charge in [0.25, 0.3) is 0 Å². The van der Waals surface area contributed by atoms with Gasteiger partial charge in [-0.05, 0) is 24.3 Å². The van der Waals surface area contributed by atoms with Crippen LogP contribution in [0.2, 0.25) is 0 Å². The number of esters is 1. The lowest BCUT2D eigenvalue weighted by atomic mass is 10.3. The minimum atomic E-state index is -3.26. The number of carbonyl (C=O) groups is 1. The summed E-state index contributed by atoms with van der Waals surface area (Å²) in [5.74, 6) is -0.534. The molecule has 1 atom stereocenters. The molecular formula is C12H11N3O3S. The first-order valence-electron chi connectivity index (χ1n) is 5.30. The highest BCUT2D eigenvalue weighted by atomic mass is 32.2. The van der Waals surface area contributed by atoms with E-state index in [9.17, 15) is 9.00 Å². The van der Waals surface area contributed by atoms with Gasteiger partial charge in [0.2, 0.25) is 0 Å². The lowest BCUT2D eigenvalue weighted by Gasteiger charge is -2.06. The summed E-state index contributed by atoms with van der Waals surface area (Å²) in [5.41, 5.74) is 0.238. The molecule has 6 nitrogen and oxygen atoms in total. The molecule has 0 spiro atoms. The van der Waals surface area contributed by atoms with E-state index >= 15 is 0 Å². The monoisotopic (exact) mass is 277 g/mol. The van der Waals surface area contributed by atoms with E-state index in [2.05, 4.69) is 14.7 Å². The first-order valence-corrected chi connectivity index (χ1v) is 6.86. The fourth-order valence-electron chi connectivity index (χ4n) is 1.41. The number of carbonyl (C=O) groups excluding carboxylic acids is 1. The first kappa shape index (κ1) is 13.2. The molecule has 0 saturated carbocycles. The molecule has 19 heavy (non-hydrogen) atoms. The smallest absolute Gasteiger partial charge is 0.339 e. The number of aromatic nitrogens is 2. The summed E-state index contributed by atoms with van der Waals surface area (Å²) in [6.45, 7) is 0. The fourth-order valence-corrected chi connectivity index (χ4v) is 2.57. The minimum absolute atomic E-state index is 0.0545.